The second-order valence-corrected chi connectivity index (χ2v) is 8.32. The molecule has 0 aliphatic carbocycles. The molecule has 1 aliphatic heterocycles. The Morgan fingerprint density at radius 3 is 2.55 bits per heavy atom. The van der Waals surface area contributed by atoms with Crippen molar-refractivity contribution in [1.82, 2.24) is 20.5 Å². The number of aromatic nitrogens is 1. The summed E-state index contributed by atoms with van der Waals surface area (Å²) in [7, 11) is 0. The van der Waals surface area contributed by atoms with E-state index in [0.717, 1.165) is 35.7 Å². The molecule has 1 aliphatic rings. The van der Waals surface area contributed by atoms with E-state index in [1.165, 1.54) is 5.56 Å². The molecule has 0 bridgehead atoms. The number of benzene rings is 2. The van der Waals surface area contributed by atoms with Gasteiger partial charge in [0.25, 0.3) is 0 Å². The number of amides is 1. The van der Waals surface area contributed by atoms with Gasteiger partial charge in [-0.1, -0.05) is 66.2 Å². The summed E-state index contributed by atoms with van der Waals surface area (Å²) in [5.41, 5.74) is 3.27. The summed E-state index contributed by atoms with van der Waals surface area (Å²) < 4.78 is 0. The van der Waals surface area contributed by atoms with Gasteiger partial charge < -0.3 is 10.6 Å². The molecule has 0 radical (unpaired) electrons. The number of carbonyl (C=O) groups is 1. The molecular weight excluding hydrogens is 408 g/mol. The van der Waals surface area contributed by atoms with Gasteiger partial charge in [0.1, 0.15) is 0 Å². The molecule has 0 spiro atoms. The molecule has 6 heteroatoms. The maximum Gasteiger partial charge on any atom is 0.237 e. The van der Waals surface area contributed by atoms with E-state index >= 15 is 0 Å². The van der Waals surface area contributed by atoms with Crippen molar-refractivity contribution in [3.05, 3.63) is 101 Å². The summed E-state index contributed by atoms with van der Waals surface area (Å²) in [5.74, 6) is 0.0416. The number of carbonyl (C=O) groups excluding carboxylic acids is 1. The lowest BCUT2D eigenvalue weighted by molar-refractivity contribution is -0.125. The third kappa shape index (κ3) is 5.91. The first-order valence-corrected chi connectivity index (χ1v) is 11.0. The first-order valence-electron chi connectivity index (χ1n) is 10.6. The van der Waals surface area contributed by atoms with Crippen LogP contribution < -0.4 is 10.6 Å². The zero-order valence-corrected chi connectivity index (χ0v) is 18.1. The van der Waals surface area contributed by atoms with Crippen molar-refractivity contribution in [1.29, 1.82) is 0 Å². The van der Waals surface area contributed by atoms with Gasteiger partial charge in [0, 0.05) is 49.6 Å². The van der Waals surface area contributed by atoms with Gasteiger partial charge in [0.15, 0.2) is 0 Å². The van der Waals surface area contributed by atoms with E-state index in [1.54, 1.807) is 12.4 Å². The van der Waals surface area contributed by atoms with Crippen LogP contribution in [0.5, 0.6) is 0 Å². The van der Waals surface area contributed by atoms with E-state index in [9.17, 15) is 4.79 Å². The van der Waals surface area contributed by atoms with Crippen LogP contribution in [0.1, 0.15) is 23.1 Å². The first kappa shape index (κ1) is 21.5. The molecule has 0 saturated carbocycles. The highest BCUT2D eigenvalue weighted by molar-refractivity contribution is 6.31. The van der Waals surface area contributed by atoms with Crippen molar-refractivity contribution in [3.8, 4) is 0 Å². The van der Waals surface area contributed by atoms with Gasteiger partial charge in [-0.3, -0.25) is 14.7 Å². The minimum atomic E-state index is -0.207. The summed E-state index contributed by atoms with van der Waals surface area (Å²) in [5, 5.41) is 7.44. The highest BCUT2D eigenvalue weighted by Crippen LogP contribution is 2.24. The molecule has 2 aromatic carbocycles. The van der Waals surface area contributed by atoms with E-state index in [-0.39, 0.29) is 18.0 Å². The predicted octanol–water partition coefficient (Wildman–Crippen LogP) is 3.78. The Morgan fingerprint density at radius 2 is 1.77 bits per heavy atom. The lowest BCUT2D eigenvalue weighted by Gasteiger charge is -2.24. The van der Waals surface area contributed by atoms with Crippen molar-refractivity contribution in [2.75, 3.05) is 6.54 Å². The number of pyridine rings is 1. The topological polar surface area (TPSA) is 57.3 Å². The van der Waals surface area contributed by atoms with Gasteiger partial charge in [0.2, 0.25) is 5.91 Å². The molecule has 3 aromatic rings. The smallest absolute Gasteiger partial charge is 0.237 e. The second kappa shape index (κ2) is 10.5. The van der Waals surface area contributed by atoms with Gasteiger partial charge in [0.05, 0.1) is 6.04 Å². The normalized spacial score (nSPS) is 18.7. The van der Waals surface area contributed by atoms with Gasteiger partial charge in [-0.15, -0.1) is 0 Å². The Labute approximate surface area is 188 Å². The molecule has 5 nitrogen and oxygen atoms in total. The van der Waals surface area contributed by atoms with Crippen LogP contribution in [-0.2, 0) is 24.4 Å². The standard InChI is InChI=1S/C25H27ClN4O/c26-23-11-5-4-10-21(23)17-30-18-22(28-15-19-7-2-1-3-8-19)13-24(30)25(31)29-16-20-9-6-12-27-14-20/h1-12,14,22,24,28H,13,15-18H2,(H,29,31)/t22-,24-/m0/s1. The maximum atomic E-state index is 13.1. The number of rotatable bonds is 8. The highest BCUT2D eigenvalue weighted by atomic mass is 35.5. The van der Waals surface area contributed by atoms with E-state index in [1.807, 2.05) is 54.6 Å². The van der Waals surface area contributed by atoms with E-state index in [0.29, 0.717) is 13.1 Å². The molecular formula is C25H27ClN4O. The minimum absolute atomic E-state index is 0.0416. The van der Waals surface area contributed by atoms with Crippen molar-refractivity contribution >= 4 is 17.5 Å². The summed E-state index contributed by atoms with van der Waals surface area (Å²) in [6.07, 6.45) is 4.27. The summed E-state index contributed by atoms with van der Waals surface area (Å²) in [6, 6.07) is 22.0. The van der Waals surface area contributed by atoms with Crippen molar-refractivity contribution in [2.24, 2.45) is 0 Å². The molecule has 2 heterocycles. The fraction of sp³-hybridized carbons (Fsp3) is 0.280. The second-order valence-electron chi connectivity index (χ2n) is 7.91. The summed E-state index contributed by atoms with van der Waals surface area (Å²) in [4.78, 5) is 19.4. The number of nitrogens with one attached hydrogen (secondary N) is 2. The molecule has 1 amide bonds. The van der Waals surface area contributed by atoms with Crippen LogP contribution in [0.3, 0.4) is 0 Å². The Morgan fingerprint density at radius 1 is 1.00 bits per heavy atom. The van der Waals surface area contributed by atoms with Crippen LogP contribution in [0.25, 0.3) is 0 Å². The maximum absolute atomic E-state index is 13.1. The van der Waals surface area contributed by atoms with E-state index < -0.39 is 0 Å². The molecule has 1 saturated heterocycles. The lowest BCUT2D eigenvalue weighted by Crippen LogP contribution is -2.42. The van der Waals surface area contributed by atoms with Crippen molar-refractivity contribution in [3.63, 3.8) is 0 Å². The zero-order chi connectivity index (χ0) is 21.5. The average Bonchev–Trinajstić information content (AvgIpc) is 3.22. The highest BCUT2D eigenvalue weighted by Gasteiger charge is 2.36. The first-order chi connectivity index (χ1) is 15.2. The van der Waals surface area contributed by atoms with Gasteiger partial charge in [-0.2, -0.15) is 0 Å². The van der Waals surface area contributed by atoms with Crippen LogP contribution in [0.4, 0.5) is 0 Å². The van der Waals surface area contributed by atoms with Crippen LogP contribution in [0, 0.1) is 0 Å². The SMILES string of the molecule is O=C(NCc1cccnc1)[C@@H]1C[C@H](NCc2ccccc2)CN1Cc1ccccc1Cl. The van der Waals surface area contributed by atoms with Crippen molar-refractivity contribution < 1.29 is 4.79 Å². The zero-order valence-electron chi connectivity index (χ0n) is 17.4. The Balaban J connectivity index is 1.42. The summed E-state index contributed by atoms with van der Waals surface area (Å²) in [6.45, 7) is 2.71. The number of hydrogen-bond donors (Lipinski definition) is 2. The number of halogens is 1. The number of likely N-dealkylation sites (tertiary alicyclic amines) is 1. The van der Waals surface area contributed by atoms with Gasteiger partial charge in [-0.05, 0) is 35.2 Å². The fourth-order valence-corrected chi connectivity index (χ4v) is 4.21. The van der Waals surface area contributed by atoms with Crippen LogP contribution in [0.2, 0.25) is 5.02 Å². The van der Waals surface area contributed by atoms with Crippen LogP contribution in [-0.4, -0.2) is 34.4 Å². The molecule has 1 fully saturated rings. The predicted molar refractivity (Wildman–Crippen MR) is 123 cm³/mol. The molecule has 2 atom stereocenters. The molecule has 2 N–H and O–H groups in total. The third-order valence-corrected chi connectivity index (χ3v) is 6.03. The number of hydrogen-bond acceptors (Lipinski definition) is 4. The minimum Gasteiger partial charge on any atom is -0.351 e. The molecule has 0 unspecified atom stereocenters. The van der Waals surface area contributed by atoms with Crippen molar-refractivity contribution in [2.45, 2.75) is 38.1 Å². The average molecular weight is 435 g/mol. The quantitative estimate of drug-likeness (QED) is 0.566. The largest absolute Gasteiger partial charge is 0.351 e. The summed E-state index contributed by atoms with van der Waals surface area (Å²) >= 11 is 6.40. The molecule has 160 valence electrons. The Kier molecular flexibility index (Phi) is 7.30. The van der Waals surface area contributed by atoms with E-state index in [4.69, 9.17) is 11.6 Å². The van der Waals surface area contributed by atoms with Gasteiger partial charge in [-0.25, -0.2) is 0 Å². The number of nitrogens with zero attached hydrogens (tertiary/aromatic N) is 2. The van der Waals surface area contributed by atoms with Gasteiger partial charge >= 0.3 is 0 Å². The van der Waals surface area contributed by atoms with Crippen LogP contribution >= 0.6 is 11.6 Å². The Hall–Kier alpha value is -2.73. The lowest BCUT2D eigenvalue weighted by atomic mass is 10.1. The Bertz CT molecular complexity index is 983. The third-order valence-electron chi connectivity index (χ3n) is 5.66. The van der Waals surface area contributed by atoms with E-state index in [2.05, 4.69) is 32.7 Å². The van der Waals surface area contributed by atoms with Crippen LogP contribution in [0.15, 0.2) is 79.1 Å². The molecule has 1 aromatic heterocycles. The fourth-order valence-electron chi connectivity index (χ4n) is 4.01. The monoisotopic (exact) mass is 434 g/mol. The molecule has 4 rings (SSSR count). The molecule has 31 heavy (non-hydrogen) atoms.